The van der Waals surface area contributed by atoms with Crippen LogP contribution in [0.5, 0.6) is 5.75 Å². The quantitative estimate of drug-likeness (QED) is 0.824. The van der Waals surface area contributed by atoms with Gasteiger partial charge in [-0.15, -0.1) is 11.3 Å². The summed E-state index contributed by atoms with van der Waals surface area (Å²) in [6.45, 7) is -0.249. The summed E-state index contributed by atoms with van der Waals surface area (Å²) in [5, 5.41) is 4.01. The second kappa shape index (κ2) is 7.01. The molecule has 0 spiro atoms. The molecule has 24 heavy (non-hydrogen) atoms. The van der Waals surface area contributed by atoms with Gasteiger partial charge in [0.1, 0.15) is 10.8 Å². The van der Waals surface area contributed by atoms with E-state index in [1.165, 1.54) is 17.4 Å². The molecule has 1 aromatic carbocycles. The third-order valence-electron chi connectivity index (χ3n) is 3.67. The van der Waals surface area contributed by atoms with Crippen LogP contribution in [-0.4, -0.2) is 18.4 Å². The third-order valence-corrected chi connectivity index (χ3v) is 5.43. The highest BCUT2D eigenvalue weighted by molar-refractivity contribution is 7.17. The summed E-state index contributed by atoms with van der Waals surface area (Å²) in [5.74, 6) is -0.597. The number of rotatable bonds is 5. The molecule has 3 rings (SSSR count). The zero-order valence-electron chi connectivity index (χ0n) is 12.5. The summed E-state index contributed by atoms with van der Waals surface area (Å²) in [6.07, 6.45) is 2.73. The molecular weight excluding hydrogens is 371 g/mol. The fourth-order valence-electron chi connectivity index (χ4n) is 2.65. The molecule has 8 heteroatoms. The minimum atomic E-state index is -0.525. The van der Waals surface area contributed by atoms with E-state index in [9.17, 15) is 9.59 Å². The molecular formula is C16H14Cl2N2O3S. The van der Waals surface area contributed by atoms with Crippen molar-refractivity contribution in [2.75, 3.05) is 11.9 Å². The molecule has 5 nitrogen and oxygen atoms in total. The Labute approximate surface area is 152 Å². The Kier molecular flexibility index (Phi) is 4.99. The highest BCUT2D eigenvalue weighted by Crippen LogP contribution is 2.38. The Bertz CT molecular complexity index is 820. The Balaban J connectivity index is 1.70. The number of halogens is 2. The van der Waals surface area contributed by atoms with Gasteiger partial charge in [0.2, 0.25) is 0 Å². The van der Waals surface area contributed by atoms with Gasteiger partial charge in [0.15, 0.2) is 6.61 Å². The first-order valence-corrected chi connectivity index (χ1v) is 8.85. The number of fused-ring (bicyclic) bond motifs is 1. The van der Waals surface area contributed by atoms with Gasteiger partial charge in [-0.3, -0.25) is 9.59 Å². The van der Waals surface area contributed by atoms with Crippen LogP contribution in [0.15, 0.2) is 18.2 Å². The van der Waals surface area contributed by atoms with Gasteiger partial charge in [-0.05, 0) is 37.0 Å². The fourth-order valence-corrected chi connectivity index (χ4v) is 4.29. The summed E-state index contributed by atoms with van der Waals surface area (Å²) in [6, 6.07) is 4.75. The van der Waals surface area contributed by atoms with Crippen LogP contribution >= 0.6 is 34.5 Å². The van der Waals surface area contributed by atoms with Crippen LogP contribution in [0, 0.1) is 0 Å². The van der Waals surface area contributed by atoms with Crippen molar-refractivity contribution in [2.24, 2.45) is 5.73 Å². The average molecular weight is 385 g/mol. The van der Waals surface area contributed by atoms with Crippen LogP contribution in [0.2, 0.25) is 10.0 Å². The van der Waals surface area contributed by atoms with Gasteiger partial charge in [0, 0.05) is 16.0 Å². The maximum atomic E-state index is 12.1. The number of carbonyl (C=O) groups is 2. The molecule has 0 saturated heterocycles. The second-order valence-corrected chi connectivity index (χ2v) is 7.29. The lowest BCUT2D eigenvalue weighted by molar-refractivity contribution is -0.118. The number of thiophene rings is 1. The number of hydrogen-bond acceptors (Lipinski definition) is 4. The molecule has 1 aromatic heterocycles. The predicted octanol–water partition coefficient (Wildman–Crippen LogP) is 3.66. The number of anilines is 1. The van der Waals surface area contributed by atoms with Crippen LogP contribution in [0.1, 0.15) is 27.2 Å². The second-order valence-electron chi connectivity index (χ2n) is 5.34. The highest BCUT2D eigenvalue weighted by Gasteiger charge is 2.26. The molecule has 3 N–H and O–H groups in total. The van der Waals surface area contributed by atoms with Crippen molar-refractivity contribution >= 4 is 51.4 Å². The molecule has 2 aromatic rings. The Morgan fingerprint density at radius 1 is 1.29 bits per heavy atom. The van der Waals surface area contributed by atoms with Gasteiger partial charge in [-0.2, -0.15) is 0 Å². The van der Waals surface area contributed by atoms with Crippen molar-refractivity contribution in [3.8, 4) is 5.75 Å². The molecule has 0 radical (unpaired) electrons. The Hall–Kier alpha value is -1.76. The van der Waals surface area contributed by atoms with Crippen LogP contribution in [0.25, 0.3) is 0 Å². The topological polar surface area (TPSA) is 81.4 Å². The predicted molar refractivity (Wildman–Crippen MR) is 95.4 cm³/mol. The van der Waals surface area contributed by atoms with Crippen LogP contribution < -0.4 is 15.8 Å². The maximum absolute atomic E-state index is 12.1. The first kappa shape index (κ1) is 17.1. The lowest BCUT2D eigenvalue weighted by Gasteiger charge is -2.09. The summed E-state index contributed by atoms with van der Waals surface area (Å²) in [7, 11) is 0. The average Bonchev–Trinajstić information content (AvgIpc) is 3.08. The zero-order chi connectivity index (χ0) is 17.3. The molecule has 1 aliphatic rings. The standard InChI is InChI=1S/C16H14Cl2N2O3S/c17-8-4-5-10(18)11(6-8)23-7-13(21)20-16-14(15(19)22)9-2-1-3-12(9)24-16/h4-6H,1-3,7H2,(H2,19,22)(H,20,21). The first-order chi connectivity index (χ1) is 11.5. The zero-order valence-corrected chi connectivity index (χ0v) is 14.9. The third kappa shape index (κ3) is 3.50. The van der Waals surface area contributed by atoms with Crippen LogP contribution in [0.3, 0.4) is 0 Å². The normalized spacial score (nSPS) is 12.8. The fraction of sp³-hybridized carbons (Fsp3) is 0.250. The van der Waals surface area contributed by atoms with Crippen molar-refractivity contribution in [3.63, 3.8) is 0 Å². The molecule has 0 bridgehead atoms. The van der Waals surface area contributed by atoms with Crippen molar-refractivity contribution < 1.29 is 14.3 Å². The van der Waals surface area contributed by atoms with E-state index in [0.29, 0.717) is 26.4 Å². The van der Waals surface area contributed by atoms with Crippen molar-refractivity contribution in [1.82, 2.24) is 0 Å². The number of ether oxygens (including phenoxy) is 1. The number of nitrogens with one attached hydrogen (secondary N) is 1. The van der Waals surface area contributed by atoms with Gasteiger partial charge in [-0.1, -0.05) is 23.2 Å². The smallest absolute Gasteiger partial charge is 0.262 e. The minimum absolute atomic E-state index is 0.249. The highest BCUT2D eigenvalue weighted by atomic mass is 35.5. The number of nitrogens with two attached hydrogens (primary N) is 1. The lowest BCUT2D eigenvalue weighted by Crippen LogP contribution is -2.22. The van der Waals surface area contributed by atoms with E-state index in [2.05, 4.69) is 5.32 Å². The summed E-state index contributed by atoms with van der Waals surface area (Å²) in [5.41, 5.74) is 6.84. The monoisotopic (exact) mass is 384 g/mol. The summed E-state index contributed by atoms with van der Waals surface area (Å²) >= 11 is 13.3. The number of hydrogen-bond donors (Lipinski definition) is 2. The van der Waals surface area contributed by atoms with Crippen LogP contribution in [-0.2, 0) is 17.6 Å². The number of amides is 2. The minimum Gasteiger partial charge on any atom is -0.482 e. The molecule has 0 unspecified atom stereocenters. The van der Waals surface area contributed by atoms with Crippen LogP contribution in [0.4, 0.5) is 5.00 Å². The lowest BCUT2D eigenvalue weighted by atomic mass is 10.1. The van der Waals surface area contributed by atoms with E-state index in [1.807, 2.05) is 0 Å². The van der Waals surface area contributed by atoms with E-state index in [1.54, 1.807) is 12.1 Å². The van der Waals surface area contributed by atoms with Gasteiger partial charge >= 0.3 is 0 Å². The summed E-state index contributed by atoms with van der Waals surface area (Å²) < 4.78 is 5.39. The maximum Gasteiger partial charge on any atom is 0.262 e. The van der Waals surface area contributed by atoms with E-state index < -0.39 is 11.8 Å². The molecule has 1 heterocycles. The van der Waals surface area contributed by atoms with Gasteiger partial charge in [0.25, 0.3) is 11.8 Å². The molecule has 0 fully saturated rings. The number of primary amides is 1. The van der Waals surface area contributed by atoms with E-state index in [0.717, 1.165) is 29.7 Å². The van der Waals surface area contributed by atoms with Gasteiger partial charge < -0.3 is 15.8 Å². The molecule has 0 atom stereocenters. The van der Waals surface area contributed by atoms with Crippen molar-refractivity contribution in [2.45, 2.75) is 19.3 Å². The van der Waals surface area contributed by atoms with E-state index in [-0.39, 0.29) is 6.61 Å². The van der Waals surface area contributed by atoms with Crippen molar-refractivity contribution in [3.05, 3.63) is 44.2 Å². The SMILES string of the molecule is NC(=O)c1c(NC(=O)COc2cc(Cl)ccc2Cl)sc2c1CCC2. The Morgan fingerprint density at radius 3 is 2.83 bits per heavy atom. The number of aryl methyl sites for hydroxylation is 1. The van der Waals surface area contributed by atoms with Gasteiger partial charge in [0.05, 0.1) is 10.6 Å². The van der Waals surface area contributed by atoms with E-state index in [4.69, 9.17) is 33.7 Å². The summed E-state index contributed by atoms with van der Waals surface area (Å²) in [4.78, 5) is 24.9. The molecule has 126 valence electrons. The van der Waals surface area contributed by atoms with E-state index >= 15 is 0 Å². The molecule has 0 saturated carbocycles. The molecule has 1 aliphatic carbocycles. The number of benzene rings is 1. The largest absolute Gasteiger partial charge is 0.482 e. The molecule has 2 amide bonds. The van der Waals surface area contributed by atoms with Gasteiger partial charge in [-0.25, -0.2) is 0 Å². The molecule has 0 aliphatic heterocycles. The number of carbonyl (C=O) groups excluding carboxylic acids is 2. The van der Waals surface area contributed by atoms with Crippen molar-refractivity contribution in [1.29, 1.82) is 0 Å². The Morgan fingerprint density at radius 2 is 2.08 bits per heavy atom. The first-order valence-electron chi connectivity index (χ1n) is 7.27.